The minimum absolute atomic E-state index is 0.431. The third-order valence-electron chi connectivity index (χ3n) is 2.32. The summed E-state index contributed by atoms with van der Waals surface area (Å²) in [6.07, 6.45) is 3.14. The lowest BCUT2D eigenvalue weighted by Gasteiger charge is -2.11. The predicted molar refractivity (Wildman–Crippen MR) is 73.0 cm³/mol. The number of hydrogen-bond donors (Lipinski definition) is 2. The molecule has 0 radical (unpaired) electrons. The molecule has 0 spiro atoms. The Morgan fingerprint density at radius 2 is 2.29 bits per heavy atom. The van der Waals surface area contributed by atoms with E-state index in [1.54, 1.807) is 25.3 Å². The molecule has 0 saturated carbocycles. The second-order valence-electron chi connectivity index (χ2n) is 3.55. The minimum atomic E-state index is -0.431. The van der Waals surface area contributed by atoms with Gasteiger partial charge in [-0.15, -0.1) is 0 Å². The van der Waals surface area contributed by atoms with Gasteiger partial charge in [-0.05, 0) is 36.6 Å². The number of benzene rings is 1. The van der Waals surface area contributed by atoms with Gasteiger partial charge in [-0.25, -0.2) is 0 Å². The van der Waals surface area contributed by atoms with Gasteiger partial charge in [0.05, 0.1) is 12.8 Å². The van der Waals surface area contributed by atoms with Crippen molar-refractivity contribution in [3.8, 4) is 5.75 Å². The number of amides is 1. The van der Waals surface area contributed by atoms with Crippen molar-refractivity contribution in [3.63, 3.8) is 0 Å². The molecule has 3 N–H and O–H groups in total. The van der Waals surface area contributed by atoms with E-state index in [1.807, 2.05) is 11.8 Å². The summed E-state index contributed by atoms with van der Waals surface area (Å²) < 4.78 is 5.22. The van der Waals surface area contributed by atoms with Crippen LogP contribution in [-0.4, -0.2) is 31.6 Å². The summed E-state index contributed by atoms with van der Waals surface area (Å²) in [5.74, 6) is 1.39. The van der Waals surface area contributed by atoms with E-state index in [2.05, 4.69) is 11.6 Å². The summed E-state index contributed by atoms with van der Waals surface area (Å²) in [4.78, 5) is 11.1. The quantitative estimate of drug-likeness (QED) is 0.730. The van der Waals surface area contributed by atoms with E-state index in [4.69, 9.17) is 10.5 Å². The van der Waals surface area contributed by atoms with E-state index in [0.29, 0.717) is 5.56 Å². The molecular weight excluding hydrogens is 236 g/mol. The average molecular weight is 254 g/mol. The van der Waals surface area contributed by atoms with E-state index >= 15 is 0 Å². The Labute approximate surface area is 106 Å². The van der Waals surface area contributed by atoms with Crippen molar-refractivity contribution >= 4 is 23.4 Å². The van der Waals surface area contributed by atoms with Gasteiger partial charge in [0.1, 0.15) is 5.75 Å². The maximum atomic E-state index is 11.1. The SMILES string of the molecule is COc1ccc(C(N)=O)cc1NCCCSC. The van der Waals surface area contributed by atoms with Crippen LogP contribution in [0.15, 0.2) is 18.2 Å². The topological polar surface area (TPSA) is 64.3 Å². The van der Waals surface area contributed by atoms with Gasteiger partial charge in [0.25, 0.3) is 0 Å². The fourth-order valence-electron chi connectivity index (χ4n) is 1.44. The van der Waals surface area contributed by atoms with Crippen LogP contribution in [0.25, 0.3) is 0 Å². The molecule has 17 heavy (non-hydrogen) atoms. The van der Waals surface area contributed by atoms with Crippen molar-refractivity contribution in [2.24, 2.45) is 5.73 Å². The van der Waals surface area contributed by atoms with Crippen LogP contribution in [0.4, 0.5) is 5.69 Å². The van der Waals surface area contributed by atoms with Crippen molar-refractivity contribution < 1.29 is 9.53 Å². The molecular formula is C12H18N2O2S. The summed E-state index contributed by atoms with van der Waals surface area (Å²) in [6, 6.07) is 5.13. The Morgan fingerprint density at radius 3 is 2.88 bits per heavy atom. The van der Waals surface area contributed by atoms with Crippen molar-refractivity contribution in [1.82, 2.24) is 0 Å². The van der Waals surface area contributed by atoms with E-state index in [0.717, 1.165) is 30.2 Å². The molecule has 0 unspecified atom stereocenters. The van der Waals surface area contributed by atoms with Crippen molar-refractivity contribution in [2.45, 2.75) is 6.42 Å². The normalized spacial score (nSPS) is 10.0. The van der Waals surface area contributed by atoms with Gasteiger partial charge >= 0.3 is 0 Å². The van der Waals surface area contributed by atoms with Crippen LogP contribution in [0, 0.1) is 0 Å². The molecule has 0 fully saturated rings. The highest BCUT2D eigenvalue weighted by molar-refractivity contribution is 7.98. The summed E-state index contributed by atoms with van der Waals surface area (Å²) >= 11 is 1.81. The molecule has 5 heteroatoms. The van der Waals surface area contributed by atoms with Crippen molar-refractivity contribution in [1.29, 1.82) is 0 Å². The maximum absolute atomic E-state index is 11.1. The van der Waals surface area contributed by atoms with E-state index < -0.39 is 5.91 Å². The van der Waals surface area contributed by atoms with Crippen LogP contribution in [-0.2, 0) is 0 Å². The number of hydrogen-bond acceptors (Lipinski definition) is 4. The third kappa shape index (κ3) is 4.19. The molecule has 0 aliphatic carbocycles. The molecule has 0 atom stereocenters. The van der Waals surface area contributed by atoms with Gasteiger partial charge in [0.15, 0.2) is 0 Å². The fourth-order valence-corrected chi connectivity index (χ4v) is 1.87. The van der Waals surface area contributed by atoms with E-state index in [9.17, 15) is 4.79 Å². The second-order valence-corrected chi connectivity index (χ2v) is 4.54. The highest BCUT2D eigenvalue weighted by atomic mass is 32.2. The summed E-state index contributed by atoms with van der Waals surface area (Å²) in [6.45, 7) is 0.847. The van der Waals surface area contributed by atoms with Crippen LogP contribution in [0.5, 0.6) is 5.75 Å². The Bertz CT molecular complexity index is 383. The third-order valence-corrected chi connectivity index (χ3v) is 3.02. The first kappa shape index (κ1) is 13.7. The number of nitrogens with two attached hydrogens (primary N) is 1. The number of nitrogens with one attached hydrogen (secondary N) is 1. The Kier molecular flexibility index (Phi) is 5.69. The van der Waals surface area contributed by atoms with Crippen LogP contribution in [0.1, 0.15) is 16.8 Å². The molecule has 0 aliphatic heterocycles. The molecule has 1 aromatic rings. The standard InChI is InChI=1S/C12H18N2O2S/c1-16-11-5-4-9(12(13)15)8-10(11)14-6-3-7-17-2/h4-5,8,14H,3,6-7H2,1-2H3,(H2,13,15). The molecule has 94 valence electrons. The van der Waals surface area contributed by atoms with Gasteiger partial charge in [0, 0.05) is 12.1 Å². The summed E-state index contributed by atoms with van der Waals surface area (Å²) in [5, 5.41) is 3.25. The lowest BCUT2D eigenvalue weighted by Crippen LogP contribution is -2.12. The number of primary amides is 1. The predicted octanol–water partition coefficient (Wildman–Crippen LogP) is 1.96. The average Bonchev–Trinajstić information content (AvgIpc) is 2.34. The van der Waals surface area contributed by atoms with Crippen molar-refractivity contribution in [3.05, 3.63) is 23.8 Å². The van der Waals surface area contributed by atoms with E-state index in [-0.39, 0.29) is 0 Å². The van der Waals surface area contributed by atoms with Gasteiger partial charge in [-0.3, -0.25) is 4.79 Å². The van der Waals surface area contributed by atoms with Gasteiger partial charge in [0.2, 0.25) is 5.91 Å². The number of rotatable bonds is 7. The first-order valence-corrected chi connectivity index (χ1v) is 6.79. The molecule has 1 rings (SSSR count). The summed E-state index contributed by atoms with van der Waals surface area (Å²) in [7, 11) is 1.60. The smallest absolute Gasteiger partial charge is 0.248 e. The molecule has 4 nitrogen and oxygen atoms in total. The lowest BCUT2D eigenvalue weighted by molar-refractivity contribution is 0.100. The van der Waals surface area contributed by atoms with Gasteiger partial charge in [-0.2, -0.15) is 11.8 Å². The Morgan fingerprint density at radius 1 is 1.53 bits per heavy atom. The number of methoxy groups -OCH3 is 1. The first-order valence-electron chi connectivity index (χ1n) is 5.39. The zero-order valence-corrected chi connectivity index (χ0v) is 11.0. The molecule has 0 bridgehead atoms. The number of thioether (sulfide) groups is 1. The summed E-state index contributed by atoms with van der Waals surface area (Å²) in [5.41, 5.74) is 6.53. The van der Waals surface area contributed by atoms with Crippen LogP contribution in [0.2, 0.25) is 0 Å². The zero-order valence-electron chi connectivity index (χ0n) is 10.2. The monoisotopic (exact) mass is 254 g/mol. The molecule has 0 heterocycles. The maximum Gasteiger partial charge on any atom is 0.248 e. The lowest BCUT2D eigenvalue weighted by atomic mass is 10.1. The Balaban J connectivity index is 2.72. The number of carbonyl (C=O) groups excluding carboxylic acids is 1. The first-order chi connectivity index (χ1) is 8.19. The fraction of sp³-hybridized carbons (Fsp3) is 0.417. The molecule has 0 aromatic heterocycles. The molecule has 1 aromatic carbocycles. The highest BCUT2D eigenvalue weighted by Gasteiger charge is 2.06. The van der Waals surface area contributed by atoms with Gasteiger partial charge in [-0.1, -0.05) is 0 Å². The molecule has 0 aliphatic rings. The van der Waals surface area contributed by atoms with Crippen molar-refractivity contribution in [2.75, 3.05) is 31.0 Å². The van der Waals surface area contributed by atoms with E-state index in [1.165, 1.54) is 0 Å². The number of anilines is 1. The minimum Gasteiger partial charge on any atom is -0.495 e. The van der Waals surface area contributed by atoms with Gasteiger partial charge < -0.3 is 15.8 Å². The number of ether oxygens (including phenoxy) is 1. The molecule has 1 amide bonds. The highest BCUT2D eigenvalue weighted by Crippen LogP contribution is 2.25. The largest absolute Gasteiger partial charge is 0.495 e. The Hall–Kier alpha value is -1.36. The number of carbonyl (C=O) groups is 1. The second kappa shape index (κ2) is 7.06. The van der Waals surface area contributed by atoms with Crippen LogP contribution in [0.3, 0.4) is 0 Å². The van der Waals surface area contributed by atoms with Crippen LogP contribution >= 0.6 is 11.8 Å². The molecule has 0 saturated heterocycles. The zero-order chi connectivity index (χ0) is 12.7. The van der Waals surface area contributed by atoms with Crippen LogP contribution < -0.4 is 15.8 Å².